The molecule has 0 aliphatic carbocycles. The smallest absolute Gasteiger partial charge is 0.261 e. The average molecular weight is 505 g/mol. The van der Waals surface area contributed by atoms with E-state index in [9.17, 15) is 5.11 Å². The zero-order chi connectivity index (χ0) is 25.6. The van der Waals surface area contributed by atoms with Gasteiger partial charge < -0.3 is 23.7 Å². The summed E-state index contributed by atoms with van der Waals surface area (Å²) in [5, 5.41) is 14.0. The molecule has 2 heterocycles. The Balaban J connectivity index is 1.53. The molecule has 0 unspecified atom stereocenters. The van der Waals surface area contributed by atoms with Gasteiger partial charge in [0.1, 0.15) is 18.3 Å². The van der Waals surface area contributed by atoms with Crippen LogP contribution in [0.25, 0.3) is 0 Å². The molecule has 0 aromatic heterocycles. The first-order valence-corrected chi connectivity index (χ1v) is 14.5. The van der Waals surface area contributed by atoms with E-state index in [2.05, 4.69) is 69.3 Å². The molecule has 0 amide bonds. The van der Waals surface area contributed by atoms with Crippen molar-refractivity contribution < 1.29 is 23.7 Å². The molecule has 190 valence electrons. The standard InChI is InChI=1S/C30H36O5Si/c1-28(2,3)36(23-17-11-7-12-18-23,24-19-13-8-14-20-24)32-21-25-26-27(35-29(4,5)34-26)30(31,33-25)22-15-9-6-10-16-22/h6-20,25-27,31H,21H2,1-5H3/t25-,26-,27-,30-/m1/s1. The number of ether oxygens (including phenoxy) is 3. The van der Waals surface area contributed by atoms with Crippen LogP contribution in [0, 0.1) is 0 Å². The number of benzene rings is 3. The van der Waals surface area contributed by atoms with Crippen LogP contribution in [0.4, 0.5) is 0 Å². The summed E-state index contributed by atoms with van der Waals surface area (Å²) >= 11 is 0. The van der Waals surface area contributed by atoms with E-state index in [-0.39, 0.29) is 11.6 Å². The van der Waals surface area contributed by atoms with E-state index in [4.69, 9.17) is 18.6 Å². The minimum absolute atomic E-state index is 0.171. The van der Waals surface area contributed by atoms with E-state index in [0.29, 0.717) is 5.56 Å². The van der Waals surface area contributed by atoms with Gasteiger partial charge in [-0.3, -0.25) is 0 Å². The first kappa shape index (κ1) is 25.3. The van der Waals surface area contributed by atoms with Gasteiger partial charge in [0.25, 0.3) is 8.32 Å². The van der Waals surface area contributed by atoms with Crippen molar-refractivity contribution in [2.45, 2.75) is 69.5 Å². The van der Waals surface area contributed by atoms with Crippen molar-refractivity contribution in [3.63, 3.8) is 0 Å². The highest BCUT2D eigenvalue weighted by Gasteiger charge is 2.64. The lowest BCUT2D eigenvalue weighted by atomic mass is 9.98. The van der Waals surface area contributed by atoms with Crippen molar-refractivity contribution in [3.05, 3.63) is 96.6 Å². The van der Waals surface area contributed by atoms with Crippen molar-refractivity contribution in [1.82, 2.24) is 0 Å². The summed E-state index contributed by atoms with van der Waals surface area (Å²) in [6, 6.07) is 30.4. The Labute approximate surface area is 215 Å². The highest BCUT2D eigenvalue weighted by atomic mass is 28.4. The second-order valence-corrected chi connectivity index (χ2v) is 15.5. The Kier molecular flexibility index (Phi) is 6.48. The van der Waals surface area contributed by atoms with Crippen molar-refractivity contribution in [3.8, 4) is 0 Å². The molecule has 4 atom stereocenters. The molecule has 0 bridgehead atoms. The zero-order valence-electron chi connectivity index (χ0n) is 21.7. The SMILES string of the molecule is CC1(C)O[C@H]2[C@@H](O1)[C@@](O)(c1ccccc1)O[C@@H]2CO[Si](c1ccccc1)(c1ccccc1)C(C)(C)C. The molecule has 2 aliphatic heterocycles. The Bertz CT molecular complexity index is 1120. The Morgan fingerprint density at radius 2 is 1.28 bits per heavy atom. The Morgan fingerprint density at radius 3 is 1.78 bits per heavy atom. The molecule has 6 heteroatoms. The van der Waals surface area contributed by atoms with E-state index in [0.717, 1.165) is 0 Å². The maximum Gasteiger partial charge on any atom is 0.261 e. The predicted molar refractivity (Wildman–Crippen MR) is 143 cm³/mol. The van der Waals surface area contributed by atoms with Gasteiger partial charge in [0.15, 0.2) is 5.79 Å². The lowest BCUT2D eigenvalue weighted by molar-refractivity contribution is -0.283. The third-order valence-corrected chi connectivity index (χ3v) is 12.3. The molecular formula is C30H36O5Si. The first-order valence-electron chi connectivity index (χ1n) is 12.6. The summed E-state index contributed by atoms with van der Waals surface area (Å²) in [6.45, 7) is 10.7. The Morgan fingerprint density at radius 1 is 0.778 bits per heavy atom. The molecule has 5 rings (SSSR count). The van der Waals surface area contributed by atoms with Gasteiger partial charge >= 0.3 is 0 Å². The molecular weight excluding hydrogens is 468 g/mol. The maximum absolute atomic E-state index is 11.8. The summed E-state index contributed by atoms with van der Waals surface area (Å²) in [5.41, 5.74) is 0.647. The highest BCUT2D eigenvalue weighted by Crippen LogP contribution is 2.48. The second-order valence-electron chi connectivity index (χ2n) is 11.2. The van der Waals surface area contributed by atoms with Crippen LogP contribution >= 0.6 is 0 Å². The maximum atomic E-state index is 11.8. The predicted octanol–water partition coefficient (Wildman–Crippen LogP) is 4.33. The normalized spacial score (nSPS) is 27.7. The third-order valence-electron chi connectivity index (χ3n) is 7.28. The van der Waals surface area contributed by atoms with Gasteiger partial charge in [0.2, 0.25) is 5.79 Å². The quantitative estimate of drug-likeness (QED) is 0.507. The summed E-state index contributed by atoms with van der Waals surface area (Å²) < 4.78 is 26.0. The van der Waals surface area contributed by atoms with Crippen LogP contribution in [0.5, 0.6) is 0 Å². The van der Waals surface area contributed by atoms with Gasteiger partial charge in [-0.25, -0.2) is 0 Å². The lowest BCUT2D eigenvalue weighted by Gasteiger charge is -2.43. The molecule has 0 saturated carbocycles. The molecule has 0 radical (unpaired) electrons. The van der Waals surface area contributed by atoms with E-state index in [1.165, 1.54) is 10.4 Å². The molecule has 3 aromatic rings. The van der Waals surface area contributed by atoms with Gasteiger partial charge in [0.05, 0.1) is 6.61 Å². The number of hydrogen-bond acceptors (Lipinski definition) is 5. The number of hydrogen-bond donors (Lipinski definition) is 1. The molecule has 5 nitrogen and oxygen atoms in total. The van der Waals surface area contributed by atoms with Crippen LogP contribution in [0.3, 0.4) is 0 Å². The number of aliphatic hydroxyl groups is 1. The fourth-order valence-electron chi connectivity index (χ4n) is 5.74. The summed E-state index contributed by atoms with van der Waals surface area (Å²) in [5.74, 6) is -2.46. The Hall–Kier alpha value is -2.32. The van der Waals surface area contributed by atoms with E-state index in [1.54, 1.807) is 0 Å². The minimum Gasteiger partial charge on any atom is -0.405 e. The minimum atomic E-state index is -2.78. The number of rotatable bonds is 6. The lowest BCUT2D eigenvalue weighted by Crippen LogP contribution is -2.67. The zero-order valence-corrected chi connectivity index (χ0v) is 22.7. The molecule has 0 spiro atoms. The largest absolute Gasteiger partial charge is 0.405 e. The van der Waals surface area contributed by atoms with Crippen LogP contribution < -0.4 is 10.4 Å². The second kappa shape index (κ2) is 9.21. The molecule has 2 saturated heterocycles. The van der Waals surface area contributed by atoms with E-state index in [1.807, 2.05) is 56.3 Å². The fraction of sp³-hybridized carbons (Fsp3) is 0.400. The average Bonchev–Trinajstić information content (AvgIpc) is 3.32. The van der Waals surface area contributed by atoms with Crippen molar-refractivity contribution >= 4 is 18.7 Å². The van der Waals surface area contributed by atoms with Crippen molar-refractivity contribution in [2.24, 2.45) is 0 Å². The van der Waals surface area contributed by atoms with Gasteiger partial charge in [-0.15, -0.1) is 0 Å². The molecule has 36 heavy (non-hydrogen) atoms. The van der Waals surface area contributed by atoms with E-state index >= 15 is 0 Å². The van der Waals surface area contributed by atoms with Crippen LogP contribution in [0.2, 0.25) is 5.04 Å². The van der Waals surface area contributed by atoms with Crippen molar-refractivity contribution in [2.75, 3.05) is 6.61 Å². The van der Waals surface area contributed by atoms with E-state index < -0.39 is 38.2 Å². The van der Waals surface area contributed by atoms with Crippen molar-refractivity contribution in [1.29, 1.82) is 0 Å². The monoisotopic (exact) mass is 504 g/mol. The fourth-order valence-corrected chi connectivity index (χ4v) is 10.3. The number of fused-ring (bicyclic) bond motifs is 1. The molecule has 2 fully saturated rings. The molecule has 3 aromatic carbocycles. The topological polar surface area (TPSA) is 57.2 Å². The highest BCUT2D eigenvalue weighted by molar-refractivity contribution is 6.99. The summed E-state index contributed by atoms with van der Waals surface area (Å²) in [7, 11) is -2.78. The third kappa shape index (κ3) is 4.26. The van der Waals surface area contributed by atoms with Gasteiger partial charge in [-0.2, -0.15) is 0 Å². The van der Waals surface area contributed by atoms with Crippen LogP contribution in [-0.4, -0.2) is 44.1 Å². The van der Waals surface area contributed by atoms with Gasteiger partial charge in [-0.1, -0.05) is 112 Å². The van der Waals surface area contributed by atoms with Gasteiger partial charge in [0, 0.05) is 5.56 Å². The van der Waals surface area contributed by atoms with Crippen LogP contribution in [0.15, 0.2) is 91.0 Å². The van der Waals surface area contributed by atoms with Crippen LogP contribution in [0.1, 0.15) is 40.2 Å². The van der Waals surface area contributed by atoms with Crippen LogP contribution in [-0.2, 0) is 24.4 Å². The van der Waals surface area contributed by atoms with Gasteiger partial charge in [-0.05, 0) is 29.3 Å². The first-order chi connectivity index (χ1) is 17.1. The summed E-state index contributed by atoms with van der Waals surface area (Å²) in [6.07, 6.45) is -1.64. The molecule has 1 N–H and O–H groups in total. The molecule has 2 aliphatic rings. The summed E-state index contributed by atoms with van der Waals surface area (Å²) in [4.78, 5) is 0.